The molecule has 8 nitrogen and oxygen atoms in total. The first kappa shape index (κ1) is 22.1. The monoisotopic (exact) mass is 357 g/mol. The van der Waals surface area contributed by atoms with Crippen LogP contribution in [0, 0.1) is 0 Å². The van der Waals surface area contributed by atoms with Crippen molar-refractivity contribution in [3.63, 3.8) is 0 Å². The molecule has 1 saturated heterocycles. The van der Waals surface area contributed by atoms with E-state index in [1.54, 1.807) is 0 Å². The number of rotatable bonds is 7. The molecule has 1 amide bonds. The van der Waals surface area contributed by atoms with Crippen molar-refractivity contribution in [1.29, 1.82) is 0 Å². The van der Waals surface area contributed by atoms with E-state index in [-0.39, 0.29) is 12.5 Å². The molecule has 0 aliphatic carbocycles. The van der Waals surface area contributed by atoms with Crippen LogP contribution in [0.2, 0.25) is 0 Å². The van der Waals surface area contributed by atoms with Crippen LogP contribution in [0.3, 0.4) is 0 Å². The summed E-state index contributed by atoms with van der Waals surface area (Å²) in [7, 11) is 0. The maximum Gasteiger partial charge on any atom is 0.471 e. The molecule has 1 aliphatic heterocycles. The molecule has 0 aromatic heterocycles. The molecule has 1 heterocycles. The number of nitrogens with two attached hydrogens (primary N) is 1. The summed E-state index contributed by atoms with van der Waals surface area (Å²) in [5, 5.41) is 21.2. The lowest BCUT2D eigenvalue weighted by Gasteiger charge is -2.15. The third-order valence-electron chi connectivity index (χ3n) is 3.17. The van der Waals surface area contributed by atoms with E-state index in [0.29, 0.717) is 19.4 Å². The predicted octanol–water partition coefficient (Wildman–Crippen LogP) is 0.0701. The fourth-order valence-corrected chi connectivity index (χ4v) is 1.89. The van der Waals surface area contributed by atoms with Crippen molar-refractivity contribution in [3.8, 4) is 0 Å². The highest BCUT2D eigenvalue weighted by atomic mass is 19.4. The van der Waals surface area contributed by atoms with Crippen LogP contribution in [-0.2, 0) is 14.4 Å². The Morgan fingerprint density at radius 3 is 2.21 bits per heavy atom. The second kappa shape index (κ2) is 10.8. The Kier molecular flexibility index (Phi) is 9.97. The van der Waals surface area contributed by atoms with Crippen LogP contribution in [-0.4, -0.2) is 59.4 Å². The Bertz CT molecular complexity index is 426. The van der Waals surface area contributed by atoms with Gasteiger partial charge in [-0.1, -0.05) is 0 Å². The third kappa shape index (κ3) is 9.30. The zero-order valence-corrected chi connectivity index (χ0v) is 12.9. The minimum absolute atomic E-state index is 0.0750. The molecule has 24 heavy (non-hydrogen) atoms. The molecule has 11 heteroatoms. The van der Waals surface area contributed by atoms with Crippen molar-refractivity contribution < 1.29 is 37.8 Å². The lowest BCUT2D eigenvalue weighted by molar-refractivity contribution is -0.175. The van der Waals surface area contributed by atoms with E-state index >= 15 is 0 Å². The number of hydrogen-bond acceptors (Lipinski definition) is 5. The van der Waals surface area contributed by atoms with Crippen LogP contribution in [0.25, 0.3) is 0 Å². The number of alkyl halides is 3. The largest absolute Gasteiger partial charge is 0.480 e. The zero-order valence-electron chi connectivity index (χ0n) is 12.9. The normalized spacial score (nSPS) is 18.2. The molecule has 6 N–H and O–H groups in total. The predicted molar refractivity (Wildman–Crippen MR) is 77.2 cm³/mol. The van der Waals surface area contributed by atoms with Crippen molar-refractivity contribution >= 4 is 17.8 Å². The minimum atomic E-state index is -5.07. The van der Waals surface area contributed by atoms with Gasteiger partial charge in [-0.2, -0.15) is 13.2 Å². The van der Waals surface area contributed by atoms with Gasteiger partial charge in [0.1, 0.15) is 12.1 Å². The van der Waals surface area contributed by atoms with Crippen molar-refractivity contribution in [2.45, 2.75) is 50.4 Å². The Morgan fingerprint density at radius 2 is 1.88 bits per heavy atom. The number of aliphatic carboxylic acids is 2. The maximum atomic E-state index is 11.8. The molecule has 0 aromatic rings. The molecule has 0 unspecified atom stereocenters. The van der Waals surface area contributed by atoms with Gasteiger partial charge in [-0.15, -0.1) is 0 Å². The highest BCUT2D eigenvalue weighted by Gasteiger charge is 2.40. The zero-order chi connectivity index (χ0) is 18.8. The van der Waals surface area contributed by atoms with Gasteiger partial charge in [-0.05, 0) is 45.2 Å². The summed E-state index contributed by atoms with van der Waals surface area (Å²) < 4.78 is 35.5. The molecule has 0 radical (unpaired) electrons. The highest BCUT2D eigenvalue weighted by Crippen LogP contribution is 2.15. The van der Waals surface area contributed by atoms with Gasteiger partial charge in [0.15, 0.2) is 0 Å². The minimum Gasteiger partial charge on any atom is -0.480 e. The fourth-order valence-electron chi connectivity index (χ4n) is 1.89. The average molecular weight is 357 g/mol. The Hall–Kier alpha value is -1.88. The summed E-state index contributed by atoms with van der Waals surface area (Å²) in [6, 6.07) is -1.80. The molecule has 0 spiro atoms. The standard InChI is InChI=1S/C8H13F3N2O3.C5H9NO2/c9-8(10,11)7(16)13-5(6(14)15)3-1-2-4-12;7-5(8)4-2-1-3-6-4/h5H,1-4,12H2,(H,13,16)(H,14,15);4,6H,1-3H2,(H,7,8)/t5-;4-/m00/s1. The number of nitrogens with one attached hydrogen (secondary N) is 2. The molecular formula is C13H22F3N3O5. The van der Waals surface area contributed by atoms with Gasteiger partial charge in [-0.3, -0.25) is 9.59 Å². The lowest BCUT2D eigenvalue weighted by Crippen LogP contribution is -2.46. The number of carbonyl (C=O) groups is 3. The van der Waals surface area contributed by atoms with Crippen LogP contribution in [0.15, 0.2) is 0 Å². The first-order valence-electron chi connectivity index (χ1n) is 7.36. The molecule has 1 fully saturated rings. The van der Waals surface area contributed by atoms with Crippen molar-refractivity contribution in [2.24, 2.45) is 5.73 Å². The summed E-state index contributed by atoms with van der Waals surface area (Å²) in [5.74, 6) is -4.45. The van der Waals surface area contributed by atoms with Crippen molar-refractivity contribution in [3.05, 3.63) is 0 Å². The number of carbonyl (C=O) groups excluding carboxylic acids is 1. The maximum absolute atomic E-state index is 11.8. The van der Waals surface area contributed by atoms with Crippen LogP contribution < -0.4 is 16.4 Å². The Morgan fingerprint density at radius 1 is 1.25 bits per heavy atom. The summed E-state index contributed by atoms with van der Waals surface area (Å²) >= 11 is 0. The quantitative estimate of drug-likeness (QED) is 0.406. The average Bonchev–Trinajstić information content (AvgIpc) is 3.00. The van der Waals surface area contributed by atoms with Gasteiger partial charge >= 0.3 is 24.0 Å². The SMILES string of the molecule is NCCCC[C@H](NC(=O)C(F)(F)F)C(=O)O.O=C(O)[C@@H]1CCCN1. The van der Waals surface area contributed by atoms with Crippen LogP contribution in [0.5, 0.6) is 0 Å². The van der Waals surface area contributed by atoms with E-state index in [4.69, 9.17) is 15.9 Å². The second-order valence-corrected chi connectivity index (χ2v) is 5.13. The third-order valence-corrected chi connectivity index (χ3v) is 3.17. The topological polar surface area (TPSA) is 142 Å². The van der Waals surface area contributed by atoms with Gasteiger partial charge in [0.05, 0.1) is 0 Å². The smallest absolute Gasteiger partial charge is 0.471 e. The molecule has 0 aromatic carbocycles. The van der Waals surface area contributed by atoms with Gasteiger partial charge in [0, 0.05) is 0 Å². The van der Waals surface area contributed by atoms with Gasteiger partial charge in [0.25, 0.3) is 0 Å². The summed E-state index contributed by atoms with van der Waals surface area (Å²) in [5.41, 5.74) is 5.15. The molecule has 0 saturated carbocycles. The first-order valence-corrected chi connectivity index (χ1v) is 7.36. The summed E-state index contributed by atoms with van der Waals surface area (Å²) in [6.45, 7) is 1.18. The first-order chi connectivity index (χ1) is 11.1. The summed E-state index contributed by atoms with van der Waals surface area (Å²) in [6.07, 6.45) is -2.53. The summed E-state index contributed by atoms with van der Waals surface area (Å²) in [4.78, 5) is 31.2. The molecule has 1 rings (SSSR count). The van der Waals surface area contributed by atoms with E-state index < -0.39 is 30.1 Å². The van der Waals surface area contributed by atoms with Crippen molar-refractivity contribution in [1.82, 2.24) is 10.6 Å². The number of amides is 1. The molecular weight excluding hydrogens is 335 g/mol. The van der Waals surface area contributed by atoms with Crippen molar-refractivity contribution in [2.75, 3.05) is 13.1 Å². The number of carboxylic acids is 2. The number of carboxylic acid groups (broad SMARTS) is 2. The second-order valence-electron chi connectivity index (χ2n) is 5.13. The Balaban J connectivity index is 0.000000546. The highest BCUT2D eigenvalue weighted by molar-refractivity contribution is 5.86. The number of unbranched alkanes of at least 4 members (excludes halogenated alkanes) is 1. The Labute approximate surface area is 136 Å². The van der Waals surface area contributed by atoms with Crippen LogP contribution >= 0.6 is 0 Å². The fraction of sp³-hybridized carbons (Fsp3) is 0.769. The van der Waals surface area contributed by atoms with E-state index in [9.17, 15) is 27.6 Å². The van der Waals surface area contributed by atoms with Crippen LogP contribution in [0.1, 0.15) is 32.1 Å². The molecule has 0 bridgehead atoms. The lowest BCUT2D eigenvalue weighted by atomic mass is 10.1. The molecule has 1 aliphatic rings. The van der Waals surface area contributed by atoms with Gasteiger partial charge < -0.3 is 26.6 Å². The van der Waals surface area contributed by atoms with E-state index in [1.165, 1.54) is 5.32 Å². The number of hydrogen-bond donors (Lipinski definition) is 5. The number of halogens is 3. The molecule has 2 atom stereocenters. The molecule has 140 valence electrons. The van der Waals surface area contributed by atoms with E-state index in [0.717, 1.165) is 19.4 Å². The van der Waals surface area contributed by atoms with E-state index in [1.807, 2.05) is 0 Å². The van der Waals surface area contributed by atoms with Crippen LogP contribution in [0.4, 0.5) is 13.2 Å². The van der Waals surface area contributed by atoms with Gasteiger partial charge in [0.2, 0.25) is 0 Å². The van der Waals surface area contributed by atoms with Gasteiger partial charge in [-0.25, -0.2) is 4.79 Å². The van der Waals surface area contributed by atoms with E-state index in [2.05, 4.69) is 5.32 Å².